The van der Waals surface area contributed by atoms with Gasteiger partial charge in [-0.15, -0.1) is 28.3 Å². The van der Waals surface area contributed by atoms with Crippen molar-refractivity contribution < 1.29 is 18.7 Å². The van der Waals surface area contributed by atoms with Gasteiger partial charge in [-0.25, -0.2) is 9.18 Å². The number of hydrogen-bond acceptors (Lipinski definition) is 5. The van der Waals surface area contributed by atoms with E-state index in [1.54, 1.807) is 12.1 Å². The molecule has 0 aromatic heterocycles. The quantitative estimate of drug-likeness (QED) is 0.153. The lowest BCUT2D eigenvalue weighted by atomic mass is 9.28. The minimum Gasteiger partial charge on any atom is -0.480 e. The number of rotatable bonds is 14. The zero-order valence-electron chi connectivity index (χ0n) is 22.3. The summed E-state index contributed by atoms with van der Waals surface area (Å²) in [5.74, 6) is -2.02. The molecule has 0 fully saturated rings. The minimum atomic E-state index is -2.53. The van der Waals surface area contributed by atoms with Crippen molar-refractivity contribution in [1.29, 1.82) is 0 Å². The maximum absolute atomic E-state index is 13.4. The van der Waals surface area contributed by atoms with E-state index in [9.17, 15) is 14.0 Å². The van der Waals surface area contributed by atoms with Crippen molar-refractivity contribution in [3.05, 3.63) is 53.3 Å². The number of benzene rings is 2. The van der Waals surface area contributed by atoms with Crippen LogP contribution in [-0.4, -0.2) is 116 Å². The van der Waals surface area contributed by atoms with E-state index < -0.39 is 39.7 Å². The summed E-state index contributed by atoms with van der Waals surface area (Å²) in [6.07, 6.45) is -0.443. The van der Waals surface area contributed by atoms with Crippen molar-refractivity contribution in [3.63, 3.8) is 0 Å². The van der Waals surface area contributed by atoms with Crippen LogP contribution in [0.15, 0.2) is 36.4 Å². The largest absolute Gasteiger partial charge is 0.480 e. The van der Waals surface area contributed by atoms with Crippen molar-refractivity contribution in [1.82, 2.24) is 5.32 Å². The van der Waals surface area contributed by atoms with Gasteiger partial charge in [0.25, 0.3) is 0 Å². The number of halogens is 3. The molecule has 0 spiro atoms. The molecule has 17 heteroatoms. The van der Waals surface area contributed by atoms with E-state index in [1.165, 1.54) is 12.1 Å². The summed E-state index contributed by atoms with van der Waals surface area (Å²) >= 11 is 11.8. The molecule has 2 atom stereocenters. The summed E-state index contributed by atoms with van der Waals surface area (Å²) in [6, 6.07) is 6.77. The highest BCUT2D eigenvalue weighted by atomic mass is 35.5. The van der Waals surface area contributed by atoms with Crippen LogP contribution in [0.2, 0.25) is 5.11 Å². The van der Waals surface area contributed by atoms with Gasteiger partial charge in [-0.2, -0.15) is 0 Å². The lowest BCUT2D eigenvalue weighted by Crippen LogP contribution is -2.61. The van der Waals surface area contributed by atoms with E-state index >= 15 is 0 Å². The number of nitrogens with zero attached hydrogens (tertiary/aromatic N) is 1. The SMILES string of the molecule is [B]c1cc(CC([B])(N)C(=O)NC(Cc2ccc(F)cc2)C(=O)OC([B])([B])C([B])([B])[B])cc([B])c1N(CCCl)CCCl. The van der Waals surface area contributed by atoms with Gasteiger partial charge in [0.15, 0.2) is 0 Å². The Morgan fingerprint density at radius 1 is 0.951 bits per heavy atom. The molecule has 16 radical (unpaired) electrons. The Balaban J connectivity index is 2.31. The first kappa shape index (κ1) is 35.4. The number of amides is 1. The third kappa shape index (κ3) is 9.86. The summed E-state index contributed by atoms with van der Waals surface area (Å²) < 4.78 is 18.4. The molecule has 0 aliphatic rings. The fraction of sp³-hybridized carbons (Fsp3) is 0.417. The maximum atomic E-state index is 13.4. The van der Waals surface area contributed by atoms with Gasteiger partial charge < -0.3 is 20.7 Å². The van der Waals surface area contributed by atoms with E-state index in [-0.39, 0.29) is 12.8 Å². The topological polar surface area (TPSA) is 84.7 Å². The molecule has 6 nitrogen and oxygen atoms in total. The normalized spacial score (nSPS) is 14.0. The number of carbonyl (C=O) groups is 2. The molecule has 0 bridgehead atoms. The van der Waals surface area contributed by atoms with Crippen LogP contribution in [0.1, 0.15) is 11.1 Å². The molecule has 1 amide bonds. The Labute approximate surface area is 261 Å². The summed E-state index contributed by atoms with van der Waals surface area (Å²) in [4.78, 5) is 28.1. The van der Waals surface area contributed by atoms with Crippen LogP contribution in [0, 0.1) is 5.82 Å². The van der Waals surface area contributed by atoms with E-state index in [4.69, 9.17) is 96.4 Å². The van der Waals surface area contributed by atoms with E-state index in [0.29, 0.717) is 52.6 Å². The molecule has 3 N–H and O–H groups in total. The molecule has 0 aliphatic carbocycles. The van der Waals surface area contributed by atoms with Crippen LogP contribution in [0.4, 0.5) is 10.1 Å². The lowest BCUT2D eigenvalue weighted by molar-refractivity contribution is -0.151. The molecule has 2 aromatic carbocycles. The predicted molar refractivity (Wildman–Crippen MR) is 170 cm³/mol. The Kier molecular flexibility index (Phi) is 12.6. The van der Waals surface area contributed by atoms with Crippen LogP contribution in [0.25, 0.3) is 0 Å². The molecule has 41 heavy (non-hydrogen) atoms. The smallest absolute Gasteiger partial charge is 0.327 e. The average molecular weight is 577 g/mol. The number of nitrogens with one attached hydrogen (secondary N) is 1. The van der Waals surface area contributed by atoms with Crippen LogP contribution < -0.4 is 26.9 Å². The van der Waals surface area contributed by atoms with Gasteiger partial charge in [-0.3, -0.25) is 4.79 Å². The van der Waals surface area contributed by atoms with Crippen LogP contribution in [0.5, 0.6) is 0 Å². The molecule has 2 rings (SSSR count). The highest BCUT2D eigenvalue weighted by Crippen LogP contribution is 2.26. The molecule has 2 unspecified atom stereocenters. The minimum absolute atomic E-state index is 0.199. The lowest BCUT2D eigenvalue weighted by Gasteiger charge is -2.42. The van der Waals surface area contributed by atoms with E-state index in [2.05, 4.69) is 5.32 Å². The van der Waals surface area contributed by atoms with Gasteiger partial charge >= 0.3 is 5.97 Å². The third-order valence-electron chi connectivity index (χ3n) is 6.06. The second-order valence-electron chi connectivity index (χ2n) is 9.71. The van der Waals surface area contributed by atoms with Crippen molar-refractivity contribution in [3.8, 4) is 0 Å². The maximum Gasteiger partial charge on any atom is 0.327 e. The first-order chi connectivity index (χ1) is 18.9. The molecule has 196 valence electrons. The molecule has 0 saturated carbocycles. The van der Waals surface area contributed by atoms with Crippen LogP contribution in [-0.2, 0) is 27.2 Å². The number of alkyl halides is 2. The van der Waals surface area contributed by atoms with Gasteiger partial charge in [0.2, 0.25) is 5.91 Å². The van der Waals surface area contributed by atoms with Crippen molar-refractivity contribution in [2.24, 2.45) is 5.73 Å². The van der Waals surface area contributed by atoms with E-state index in [0.717, 1.165) is 12.1 Å². The predicted octanol–water partition coefficient (Wildman–Crippen LogP) is -2.10. The molecular weight excluding hydrogens is 555 g/mol. The molecule has 0 saturated heterocycles. The highest BCUT2D eigenvalue weighted by molar-refractivity contribution is 6.67. The summed E-state index contributed by atoms with van der Waals surface area (Å²) in [7, 11) is 46.5. The van der Waals surface area contributed by atoms with Gasteiger partial charge in [0, 0.05) is 42.4 Å². The molecule has 2 aromatic rings. The van der Waals surface area contributed by atoms with Gasteiger partial charge in [0.05, 0.1) is 29.0 Å². The number of carbonyl (C=O) groups excluding carboxylic acids is 2. The second-order valence-corrected chi connectivity index (χ2v) is 10.5. The number of anilines is 1. The number of ether oxygens (including phenoxy) is 1. The zero-order chi connectivity index (χ0) is 31.2. The van der Waals surface area contributed by atoms with Gasteiger partial charge in [0.1, 0.15) is 51.1 Å². The monoisotopic (exact) mass is 577 g/mol. The first-order valence-electron chi connectivity index (χ1n) is 12.3. The van der Waals surface area contributed by atoms with Crippen molar-refractivity contribution in [2.45, 2.75) is 34.8 Å². The molecule has 0 heterocycles. The summed E-state index contributed by atoms with van der Waals surface area (Å²) in [6.45, 7) is 0.889. The second kappa shape index (κ2) is 14.6. The Morgan fingerprint density at radius 3 is 1.93 bits per heavy atom. The van der Waals surface area contributed by atoms with Crippen LogP contribution in [0.3, 0.4) is 0 Å². The zero-order valence-corrected chi connectivity index (χ0v) is 23.8. The fourth-order valence-corrected chi connectivity index (χ4v) is 4.25. The standard InChI is InChI=1S/C24H22B8Cl2FN3O3/c25-16-9-14(10-17(26)19(16)38(7-5-33)8-6-34)12-22(27,36)21(40)37-18(11-13-1-3-15(35)4-2-13)20(39)41-24(31,32)23(28,29)30/h1-4,9-10,18H,5-8,11-12,36H2,(H,37,40). The average Bonchev–Trinajstić information content (AvgIpc) is 2.83. The molecular formula is C24H22B8Cl2FN3O3. The number of hydrogen-bond donors (Lipinski definition) is 2. The Hall–Kier alpha value is -1.83. The van der Waals surface area contributed by atoms with Crippen LogP contribution >= 0.6 is 23.2 Å². The third-order valence-corrected chi connectivity index (χ3v) is 6.40. The number of esters is 1. The number of nitrogens with two attached hydrogens (primary N) is 1. The summed E-state index contributed by atoms with van der Waals surface area (Å²) in [5.41, 5.74) is 6.08. The van der Waals surface area contributed by atoms with Crippen molar-refractivity contribution in [2.75, 3.05) is 29.7 Å². The van der Waals surface area contributed by atoms with Gasteiger partial charge in [-0.05, 0) is 29.7 Å². The van der Waals surface area contributed by atoms with E-state index in [1.807, 2.05) is 4.90 Å². The van der Waals surface area contributed by atoms with Gasteiger partial charge in [-0.1, -0.05) is 35.2 Å². The molecule has 0 aliphatic heterocycles. The van der Waals surface area contributed by atoms with Crippen molar-refractivity contribution >= 4 is 114 Å². The Morgan fingerprint density at radius 2 is 1.46 bits per heavy atom. The first-order valence-corrected chi connectivity index (χ1v) is 13.3. The fourth-order valence-electron chi connectivity index (χ4n) is 3.84. The highest BCUT2D eigenvalue weighted by Gasteiger charge is 2.38. The summed E-state index contributed by atoms with van der Waals surface area (Å²) in [5, 5.41) is -2.46. The Bertz CT molecular complexity index is 1190.